The van der Waals surface area contributed by atoms with E-state index in [0.29, 0.717) is 0 Å². The quantitative estimate of drug-likeness (QED) is 0.896. The minimum Gasteiger partial charge on any atom is -0.378 e. The Morgan fingerprint density at radius 2 is 1.40 bits per heavy atom. The first-order chi connectivity index (χ1) is 9.56. The summed E-state index contributed by atoms with van der Waals surface area (Å²) in [6.07, 6.45) is 2.09. The second kappa shape index (κ2) is 6.58. The number of hydrogen-bond acceptors (Lipinski definition) is 2. The van der Waals surface area contributed by atoms with Crippen LogP contribution >= 0.6 is 0 Å². The van der Waals surface area contributed by atoms with E-state index in [-0.39, 0.29) is 6.04 Å². The zero-order valence-corrected chi connectivity index (χ0v) is 12.6. The highest BCUT2D eigenvalue weighted by Crippen LogP contribution is 2.23. The van der Waals surface area contributed by atoms with Gasteiger partial charge in [-0.25, -0.2) is 0 Å². The van der Waals surface area contributed by atoms with Crippen LogP contribution in [0.2, 0.25) is 0 Å². The first kappa shape index (κ1) is 14.6. The van der Waals surface area contributed by atoms with Gasteiger partial charge in [0.2, 0.25) is 0 Å². The van der Waals surface area contributed by atoms with Crippen LogP contribution < -0.4 is 10.6 Å². The fourth-order valence-corrected chi connectivity index (χ4v) is 2.21. The van der Waals surface area contributed by atoms with Crippen LogP contribution in [0.4, 0.5) is 5.69 Å². The van der Waals surface area contributed by atoms with Crippen molar-refractivity contribution in [3.8, 4) is 11.1 Å². The lowest BCUT2D eigenvalue weighted by molar-refractivity contribution is 0.666. The molecule has 0 aliphatic heterocycles. The van der Waals surface area contributed by atoms with Crippen LogP contribution in [0.3, 0.4) is 0 Å². The lowest BCUT2D eigenvalue weighted by Gasteiger charge is -2.13. The zero-order valence-electron chi connectivity index (χ0n) is 12.6. The molecule has 20 heavy (non-hydrogen) atoms. The number of hydrogen-bond donors (Lipinski definition) is 1. The molecule has 0 saturated carbocycles. The predicted octanol–water partition coefficient (Wildman–Crippen LogP) is 3.70. The Hall–Kier alpha value is -1.80. The predicted molar refractivity (Wildman–Crippen MR) is 88.2 cm³/mol. The molecule has 0 heterocycles. The third-order valence-corrected chi connectivity index (χ3v) is 3.56. The third kappa shape index (κ3) is 3.84. The molecule has 0 radical (unpaired) electrons. The molecule has 2 heteroatoms. The fourth-order valence-electron chi connectivity index (χ4n) is 2.21. The molecule has 106 valence electrons. The Bertz CT molecular complexity index is 524. The molecule has 0 aliphatic rings. The van der Waals surface area contributed by atoms with Crippen LogP contribution in [-0.4, -0.2) is 20.1 Å². The Labute approximate surface area is 122 Å². The molecule has 0 saturated heterocycles. The maximum atomic E-state index is 5.80. The van der Waals surface area contributed by atoms with Crippen LogP contribution in [0.15, 0.2) is 48.5 Å². The molecule has 0 fully saturated rings. The lowest BCUT2D eigenvalue weighted by atomic mass is 10.0. The summed E-state index contributed by atoms with van der Waals surface area (Å²) in [4.78, 5) is 2.11. The van der Waals surface area contributed by atoms with Gasteiger partial charge in [0.15, 0.2) is 0 Å². The molecule has 1 unspecified atom stereocenters. The lowest BCUT2D eigenvalue weighted by Crippen LogP contribution is -2.15. The van der Waals surface area contributed by atoms with Crippen LogP contribution in [0.1, 0.15) is 18.9 Å². The number of aryl methyl sites for hydroxylation is 1. The van der Waals surface area contributed by atoms with Gasteiger partial charge in [0.1, 0.15) is 0 Å². The summed E-state index contributed by atoms with van der Waals surface area (Å²) in [5.41, 5.74) is 10.9. The topological polar surface area (TPSA) is 29.3 Å². The molecule has 2 aromatic carbocycles. The van der Waals surface area contributed by atoms with Gasteiger partial charge in [-0.05, 0) is 48.6 Å². The number of anilines is 1. The smallest absolute Gasteiger partial charge is 0.0361 e. The van der Waals surface area contributed by atoms with Gasteiger partial charge in [0.25, 0.3) is 0 Å². The summed E-state index contributed by atoms with van der Waals surface area (Å²) in [6.45, 7) is 2.06. The monoisotopic (exact) mass is 268 g/mol. The number of rotatable bonds is 5. The Morgan fingerprint density at radius 3 is 1.85 bits per heavy atom. The van der Waals surface area contributed by atoms with E-state index in [1.165, 1.54) is 22.4 Å². The average molecular weight is 268 g/mol. The molecule has 0 amide bonds. The average Bonchev–Trinajstić information content (AvgIpc) is 2.46. The summed E-state index contributed by atoms with van der Waals surface area (Å²) < 4.78 is 0. The highest BCUT2D eigenvalue weighted by Gasteiger charge is 2.01. The summed E-state index contributed by atoms with van der Waals surface area (Å²) >= 11 is 0. The van der Waals surface area contributed by atoms with Crippen molar-refractivity contribution in [3.05, 3.63) is 54.1 Å². The van der Waals surface area contributed by atoms with Gasteiger partial charge >= 0.3 is 0 Å². The van der Waals surface area contributed by atoms with Crippen LogP contribution in [0, 0.1) is 0 Å². The van der Waals surface area contributed by atoms with Gasteiger partial charge in [-0.1, -0.05) is 36.4 Å². The first-order valence-corrected chi connectivity index (χ1v) is 7.18. The van der Waals surface area contributed by atoms with E-state index in [0.717, 1.165) is 12.8 Å². The van der Waals surface area contributed by atoms with Crippen LogP contribution in [0.25, 0.3) is 11.1 Å². The van der Waals surface area contributed by atoms with E-state index < -0.39 is 0 Å². The molecule has 0 aromatic heterocycles. The Balaban J connectivity index is 2.09. The Morgan fingerprint density at radius 1 is 0.900 bits per heavy atom. The van der Waals surface area contributed by atoms with E-state index in [9.17, 15) is 0 Å². The Kier molecular flexibility index (Phi) is 4.80. The molecule has 1 atom stereocenters. The van der Waals surface area contributed by atoms with E-state index in [2.05, 4.69) is 74.4 Å². The highest BCUT2D eigenvalue weighted by molar-refractivity contribution is 5.66. The van der Waals surface area contributed by atoms with Crippen molar-refractivity contribution < 1.29 is 0 Å². The van der Waals surface area contributed by atoms with Crippen molar-refractivity contribution in [2.24, 2.45) is 5.73 Å². The fraction of sp³-hybridized carbons (Fsp3) is 0.333. The summed E-state index contributed by atoms with van der Waals surface area (Å²) in [5.74, 6) is 0. The molecule has 0 bridgehead atoms. The van der Waals surface area contributed by atoms with Gasteiger partial charge in [0.05, 0.1) is 0 Å². The van der Waals surface area contributed by atoms with E-state index in [4.69, 9.17) is 5.73 Å². The van der Waals surface area contributed by atoms with Gasteiger partial charge in [0, 0.05) is 25.8 Å². The minimum atomic E-state index is 0.272. The molecule has 0 spiro atoms. The molecule has 2 nitrogen and oxygen atoms in total. The number of nitrogens with two attached hydrogens (primary N) is 1. The van der Waals surface area contributed by atoms with Gasteiger partial charge in [-0.15, -0.1) is 0 Å². The summed E-state index contributed by atoms with van der Waals surface area (Å²) in [7, 11) is 4.12. The van der Waals surface area contributed by atoms with Crippen molar-refractivity contribution in [2.45, 2.75) is 25.8 Å². The number of nitrogens with zero attached hydrogens (tertiary/aromatic N) is 1. The zero-order chi connectivity index (χ0) is 14.5. The van der Waals surface area contributed by atoms with Gasteiger partial charge < -0.3 is 10.6 Å². The maximum absolute atomic E-state index is 5.80. The normalized spacial score (nSPS) is 12.2. The van der Waals surface area contributed by atoms with Crippen LogP contribution in [-0.2, 0) is 6.42 Å². The highest BCUT2D eigenvalue weighted by atomic mass is 15.1. The number of benzene rings is 2. The second-order valence-corrected chi connectivity index (χ2v) is 5.65. The maximum Gasteiger partial charge on any atom is 0.0361 e. The summed E-state index contributed by atoms with van der Waals surface area (Å²) in [6, 6.07) is 17.7. The molecular weight excluding hydrogens is 244 g/mol. The first-order valence-electron chi connectivity index (χ1n) is 7.18. The van der Waals surface area contributed by atoms with E-state index in [1.54, 1.807) is 0 Å². The van der Waals surface area contributed by atoms with Crippen molar-refractivity contribution in [3.63, 3.8) is 0 Å². The second-order valence-electron chi connectivity index (χ2n) is 5.65. The van der Waals surface area contributed by atoms with E-state index >= 15 is 0 Å². The molecule has 0 aliphatic carbocycles. The molecule has 2 aromatic rings. The van der Waals surface area contributed by atoms with E-state index in [1.807, 2.05) is 0 Å². The van der Waals surface area contributed by atoms with Gasteiger partial charge in [-0.3, -0.25) is 0 Å². The van der Waals surface area contributed by atoms with Crippen molar-refractivity contribution in [2.75, 3.05) is 19.0 Å². The molecule has 2 N–H and O–H groups in total. The standard InChI is InChI=1S/C18H24N2/c1-14(19)4-5-15-6-8-16(9-7-15)17-10-12-18(13-11-17)20(2)3/h6-14H,4-5,19H2,1-3H3. The third-order valence-electron chi connectivity index (χ3n) is 3.56. The molecule has 2 rings (SSSR count). The van der Waals surface area contributed by atoms with Crippen molar-refractivity contribution >= 4 is 5.69 Å². The largest absolute Gasteiger partial charge is 0.378 e. The van der Waals surface area contributed by atoms with Crippen molar-refractivity contribution in [1.82, 2.24) is 0 Å². The summed E-state index contributed by atoms with van der Waals surface area (Å²) in [5, 5.41) is 0. The van der Waals surface area contributed by atoms with Gasteiger partial charge in [-0.2, -0.15) is 0 Å². The van der Waals surface area contributed by atoms with Crippen LogP contribution in [0.5, 0.6) is 0 Å². The minimum absolute atomic E-state index is 0.272. The molecular formula is C18H24N2. The van der Waals surface area contributed by atoms with Crippen molar-refractivity contribution in [1.29, 1.82) is 0 Å². The SMILES string of the molecule is CC(N)CCc1ccc(-c2ccc(N(C)C)cc2)cc1.